The molecule has 1 N–H and O–H groups in total. The van der Waals surface area contributed by atoms with Gasteiger partial charge in [0.1, 0.15) is 0 Å². The van der Waals surface area contributed by atoms with Crippen molar-refractivity contribution >= 4 is 22.1 Å². The van der Waals surface area contributed by atoms with Gasteiger partial charge in [0.15, 0.2) is 0 Å². The molecule has 2 aromatic carbocycles. The van der Waals surface area contributed by atoms with Gasteiger partial charge in [-0.1, -0.05) is 49.4 Å². The maximum absolute atomic E-state index is 3.62. The second-order valence-electron chi connectivity index (χ2n) is 5.02. The third kappa shape index (κ3) is 2.37. The molecule has 0 aliphatic heterocycles. The molecule has 1 atom stereocenters. The molecule has 0 spiro atoms. The summed E-state index contributed by atoms with van der Waals surface area (Å²) in [5.41, 5.74) is 2.71. The number of hydrogen-bond acceptors (Lipinski definition) is 2. The summed E-state index contributed by atoms with van der Waals surface area (Å²) in [7, 11) is 0. The predicted molar refractivity (Wildman–Crippen MR) is 88.5 cm³/mol. The van der Waals surface area contributed by atoms with Gasteiger partial charge in [-0.05, 0) is 46.8 Å². The Morgan fingerprint density at radius 1 is 1.00 bits per heavy atom. The third-order valence-corrected chi connectivity index (χ3v) is 4.66. The number of nitrogens with one attached hydrogen (secondary N) is 1. The molecule has 3 rings (SSSR count). The van der Waals surface area contributed by atoms with Gasteiger partial charge in [-0.15, -0.1) is 11.3 Å². The summed E-state index contributed by atoms with van der Waals surface area (Å²) in [4.78, 5) is 1.38. The van der Waals surface area contributed by atoms with Gasteiger partial charge in [-0.25, -0.2) is 0 Å². The molecular weight excluding hydrogens is 262 g/mol. The van der Waals surface area contributed by atoms with Crippen molar-refractivity contribution in [2.24, 2.45) is 0 Å². The monoisotopic (exact) mass is 281 g/mol. The normalized spacial score (nSPS) is 12.7. The van der Waals surface area contributed by atoms with Crippen LogP contribution in [0.4, 0.5) is 0 Å². The number of rotatable bonds is 4. The van der Waals surface area contributed by atoms with Crippen molar-refractivity contribution in [1.29, 1.82) is 0 Å². The first kappa shape index (κ1) is 13.3. The van der Waals surface area contributed by atoms with E-state index in [2.05, 4.69) is 73.1 Å². The second-order valence-corrected chi connectivity index (χ2v) is 6.00. The van der Waals surface area contributed by atoms with E-state index in [1.165, 1.54) is 26.8 Å². The van der Waals surface area contributed by atoms with E-state index in [0.29, 0.717) is 0 Å². The van der Waals surface area contributed by atoms with Crippen LogP contribution in [0.5, 0.6) is 0 Å². The molecule has 0 saturated carbocycles. The number of hydrogen-bond donors (Lipinski definition) is 1. The smallest absolute Gasteiger partial charge is 0.0676 e. The molecule has 2 heteroatoms. The highest BCUT2D eigenvalue weighted by atomic mass is 32.1. The Balaban J connectivity index is 2.19. The van der Waals surface area contributed by atoms with Crippen molar-refractivity contribution in [3.63, 3.8) is 0 Å². The Morgan fingerprint density at radius 3 is 2.50 bits per heavy atom. The Bertz CT molecular complexity index is 701. The largest absolute Gasteiger partial charge is 0.306 e. The number of fused-ring (bicyclic) bond motifs is 1. The highest BCUT2D eigenvalue weighted by Crippen LogP contribution is 2.32. The summed E-state index contributed by atoms with van der Waals surface area (Å²) in [6.45, 7) is 5.31. The van der Waals surface area contributed by atoms with Crippen LogP contribution >= 0.6 is 11.3 Å². The molecule has 0 radical (unpaired) electrons. The first-order valence-electron chi connectivity index (χ1n) is 7.06. The molecule has 102 valence electrons. The van der Waals surface area contributed by atoms with Gasteiger partial charge in [0.05, 0.1) is 6.04 Å². The van der Waals surface area contributed by atoms with E-state index in [1.807, 2.05) is 11.3 Å². The minimum atomic E-state index is 0.283. The quantitative estimate of drug-likeness (QED) is 0.716. The second kappa shape index (κ2) is 5.78. The number of benzene rings is 2. The summed E-state index contributed by atoms with van der Waals surface area (Å²) in [6, 6.07) is 17.8. The van der Waals surface area contributed by atoms with Crippen molar-refractivity contribution in [3.05, 3.63) is 69.9 Å². The van der Waals surface area contributed by atoms with Crippen LogP contribution in [-0.2, 0) is 0 Å². The van der Waals surface area contributed by atoms with Crippen molar-refractivity contribution in [2.45, 2.75) is 19.9 Å². The van der Waals surface area contributed by atoms with Crippen LogP contribution in [0.2, 0.25) is 0 Å². The van der Waals surface area contributed by atoms with Crippen LogP contribution in [0.25, 0.3) is 10.8 Å². The molecule has 0 fully saturated rings. The fourth-order valence-corrected chi connectivity index (χ4v) is 3.57. The molecule has 0 saturated heterocycles. The molecule has 0 amide bonds. The summed E-state index contributed by atoms with van der Waals surface area (Å²) in [5.74, 6) is 0. The summed E-state index contributed by atoms with van der Waals surface area (Å²) in [6.07, 6.45) is 0. The van der Waals surface area contributed by atoms with E-state index in [4.69, 9.17) is 0 Å². The lowest BCUT2D eigenvalue weighted by atomic mass is 9.95. The van der Waals surface area contributed by atoms with Crippen LogP contribution in [-0.4, -0.2) is 6.54 Å². The summed E-state index contributed by atoms with van der Waals surface area (Å²) in [5, 5.41) is 8.48. The van der Waals surface area contributed by atoms with Crippen LogP contribution < -0.4 is 5.32 Å². The van der Waals surface area contributed by atoms with Crippen molar-refractivity contribution in [1.82, 2.24) is 5.32 Å². The van der Waals surface area contributed by atoms with Crippen LogP contribution in [0.3, 0.4) is 0 Å². The van der Waals surface area contributed by atoms with Gasteiger partial charge in [0.2, 0.25) is 0 Å². The lowest BCUT2D eigenvalue weighted by Crippen LogP contribution is -2.21. The molecule has 1 unspecified atom stereocenters. The Hall–Kier alpha value is -1.64. The molecule has 3 aromatic rings. The number of aryl methyl sites for hydroxylation is 1. The molecule has 1 nitrogen and oxygen atoms in total. The molecule has 1 aromatic heterocycles. The molecule has 0 aliphatic carbocycles. The predicted octanol–water partition coefficient (Wildman–Crippen LogP) is 4.91. The fourth-order valence-electron chi connectivity index (χ4n) is 2.75. The fraction of sp³-hybridized carbons (Fsp3) is 0.222. The zero-order valence-corrected chi connectivity index (χ0v) is 12.7. The highest BCUT2D eigenvalue weighted by Gasteiger charge is 2.16. The van der Waals surface area contributed by atoms with Gasteiger partial charge in [0, 0.05) is 4.88 Å². The zero-order valence-electron chi connectivity index (χ0n) is 11.9. The Labute approximate surface area is 124 Å². The molecule has 0 aliphatic rings. The SMILES string of the molecule is CCNC(c1cccs1)c1ccc(C)c2ccccc12. The Kier molecular flexibility index (Phi) is 3.86. The summed E-state index contributed by atoms with van der Waals surface area (Å²) >= 11 is 1.82. The zero-order chi connectivity index (χ0) is 13.9. The molecular formula is C18H19NS. The van der Waals surface area contributed by atoms with E-state index < -0.39 is 0 Å². The van der Waals surface area contributed by atoms with E-state index >= 15 is 0 Å². The van der Waals surface area contributed by atoms with Gasteiger partial charge >= 0.3 is 0 Å². The van der Waals surface area contributed by atoms with Crippen LogP contribution in [0, 0.1) is 6.92 Å². The van der Waals surface area contributed by atoms with Gasteiger partial charge in [-0.2, -0.15) is 0 Å². The minimum Gasteiger partial charge on any atom is -0.306 e. The van der Waals surface area contributed by atoms with Gasteiger partial charge in [0.25, 0.3) is 0 Å². The molecule has 0 bridgehead atoms. The average molecular weight is 281 g/mol. The topological polar surface area (TPSA) is 12.0 Å². The van der Waals surface area contributed by atoms with E-state index in [1.54, 1.807) is 0 Å². The minimum absolute atomic E-state index is 0.283. The first-order valence-corrected chi connectivity index (χ1v) is 7.94. The summed E-state index contributed by atoms with van der Waals surface area (Å²) < 4.78 is 0. The van der Waals surface area contributed by atoms with Crippen LogP contribution in [0.15, 0.2) is 53.9 Å². The lowest BCUT2D eigenvalue weighted by molar-refractivity contribution is 0.643. The van der Waals surface area contributed by atoms with Crippen LogP contribution in [0.1, 0.15) is 29.0 Å². The third-order valence-electron chi connectivity index (χ3n) is 3.72. The maximum Gasteiger partial charge on any atom is 0.0676 e. The standard InChI is InChI=1S/C18H19NS/c1-3-19-18(17-9-6-12-20-17)16-11-10-13(2)14-7-4-5-8-15(14)16/h4-12,18-19H,3H2,1-2H3. The van der Waals surface area contributed by atoms with Gasteiger partial charge < -0.3 is 5.32 Å². The van der Waals surface area contributed by atoms with Crippen molar-refractivity contribution in [2.75, 3.05) is 6.54 Å². The maximum atomic E-state index is 3.62. The molecule has 1 heterocycles. The average Bonchev–Trinajstić information content (AvgIpc) is 3.00. The van der Waals surface area contributed by atoms with E-state index in [9.17, 15) is 0 Å². The lowest BCUT2D eigenvalue weighted by Gasteiger charge is -2.20. The van der Waals surface area contributed by atoms with Crippen molar-refractivity contribution in [3.8, 4) is 0 Å². The number of thiophene rings is 1. The Morgan fingerprint density at radius 2 is 1.80 bits per heavy atom. The van der Waals surface area contributed by atoms with Crippen molar-refractivity contribution < 1.29 is 0 Å². The van der Waals surface area contributed by atoms with Gasteiger partial charge in [-0.3, -0.25) is 0 Å². The highest BCUT2D eigenvalue weighted by molar-refractivity contribution is 7.10. The van der Waals surface area contributed by atoms with E-state index in [-0.39, 0.29) is 6.04 Å². The first-order chi connectivity index (χ1) is 9.81. The van der Waals surface area contributed by atoms with E-state index in [0.717, 1.165) is 6.54 Å². The molecule has 20 heavy (non-hydrogen) atoms.